The molecule has 0 bridgehead atoms. The summed E-state index contributed by atoms with van der Waals surface area (Å²) < 4.78 is 5.80. The highest BCUT2D eigenvalue weighted by molar-refractivity contribution is 5.23. The number of epoxide rings is 1. The fraction of sp³-hybridized carbons (Fsp3) is 0.571. The minimum absolute atomic E-state index is 0.373. The van der Waals surface area contributed by atoms with Gasteiger partial charge in [-0.3, -0.25) is 4.90 Å². The lowest BCUT2D eigenvalue weighted by molar-refractivity contribution is 0.157. The van der Waals surface area contributed by atoms with Crippen molar-refractivity contribution in [2.24, 2.45) is 0 Å². The largest absolute Gasteiger partial charge is 0.353 e. The van der Waals surface area contributed by atoms with E-state index in [1.54, 1.807) is 0 Å². The van der Waals surface area contributed by atoms with Crippen LogP contribution in [0.15, 0.2) is 24.3 Å². The van der Waals surface area contributed by atoms with Gasteiger partial charge in [0.05, 0.1) is 0 Å². The molecule has 3 heteroatoms. The van der Waals surface area contributed by atoms with Gasteiger partial charge < -0.3 is 10.1 Å². The van der Waals surface area contributed by atoms with Crippen molar-refractivity contribution in [2.75, 3.05) is 26.2 Å². The molecule has 0 spiro atoms. The van der Waals surface area contributed by atoms with Gasteiger partial charge >= 0.3 is 0 Å². The molecule has 2 atom stereocenters. The molecule has 92 valence electrons. The molecule has 0 aliphatic carbocycles. The molecule has 2 heterocycles. The number of nitrogens with zero attached hydrogens (tertiary/aromatic N) is 1. The second kappa shape index (κ2) is 4.77. The molecule has 2 aliphatic rings. The lowest BCUT2D eigenvalue weighted by Crippen LogP contribution is -2.45. The second-order valence-corrected chi connectivity index (χ2v) is 5.04. The van der Waals surface area contributed by atoms with E-state index < -0.39 is 0 Å². The predicted molar refractivity (Wildman–Crippen MR) is 68.0 cm³/mol. The van der Waals surface area contributed by atoms with E-state index in [4.69, 9.17) is 4.74 Å². The lowest BCUT2D eigenvalue weighted by atomic mass is 10.1. The summed E-state index contributed by atoms with van der Waals surface area (Å²) in [7, 11) is 0. The molecule has 0 saturated carbocycles. The monoisotopic (exact) mass is 232 g/mol. The van der Waals surface area contributed by atoms with Gasteiger partial charge in [-0.15, -0.1) is 0 Å². The van der Waals surface area contributed by atoms with Crippen LogP contribution in [-0.4, -0.2) is 43.4 Å². The van der Waals surface area contributed by atoms with Crippen LogP contribution in [-0.2, 0) is 11.2 Å². The number of benzene rings is 1. The van der Waals surface area contributed by atoms with Crippen LogP contribution in [0, 0.1) is 6.92 Å². The zero-order chi connectivity index (χ0) is 11.7. The Morgan fingerprint density at radius 3 is 2.94 bits per heavy atom. The zero-order valence-corrected chi connectivity index (χ0v) is 10.4. The number of nitrogens with one attached hydrogen (secondary N) is 1. The van der Waals surface area contributed by atoms with Gasteiger partial charge in [-0.25, -0.2) is 0 Å². The first kappa shape index (κ1) is 11.2. The Balaban J connectivity index is 1.54. The van der Waals surface area contributed by atoms with E-state index in [1.807, 2.05) is 0 Å². The zero-order valence-electron chi connectivity index (χ0n) is 10.4. The van der Waals surface area contributed by atoms with Crippen LogP contribution in [0.25, 0.3) is 0 Å². The predicted octanol–water partition coefficient (Wildman–Crippen LogP) is 1.17. The van der Waals surface area contributed by atoms with Crippen LogP contribution in [0.2, 0.25) is 0 Å². The number of hydrogen-bond acceptors (Lipinski definition) is 3. The molecule has 0 amide bonds. The minimum Gasteiger partial charge on any atom is -0.353 e. The minimum atomic E-state index is 0.373. The average molecular weight is 232 g/mol. The van der Waals surface area contributed by atoms with Crippen molar-refractivity contribution in [3.8, 4) is 0 Å². The molecule has 0 radical (unpaired) electrons. The fourth-order valence-corrected chi connectivity index (χ4v) is 2.61. The van der Waals surface area contributed by atoms with E-state index >= 15 is 0 Å². The number of hydrogen-bond donors (Lipinski definition) is 1. The van der Waals surface area contributed by atoms with Crippen LogP contribution in [0.4, 0.5) is 0 Å². The van der Waals surface area contributed by atoms with Crippen LogP contribution in [0.1, 0.15) is 11.1 Å². The number of rotatable bonds is 3. The summed E-state index contributed by atoms with van der Waals surface area (Å²) in [5, 5.41) is 3.37. The van der Waals surface area contributed by atoms with Gasteiger partial charge in [-0.1, -0.05) is 29.8 Å². The normalized spacial score (nSPS) is 29.2. The molecule has 1 aromatic carbocycles. The van der Waals surface area contributed by atoms with Crippen molar-refractivity contribution in [2.45, 2.75) is 25.7 Å². The summed E-state index contributed by atoms with van der Waals surface area (Å²) in [4.78, 5) is 2.46. The van der Waals surface area contributed by atoms with Gasteiger partial charge in [0.25, 0.3) is 0 Å². The average Bonchev–Trinajstić information content (AvgIpc) is 3.10. The summed E-state index contributed by atoms with van der Waals surface area (Å²) in [6.45, 7) is 6.57. The molecule has 17 heavy (non-hydrogen) atoms. The lowest BCUT2D eigenvalue weighted by Gasteiger charge is -2.25. The molecule has 2 fully saturated rings. The third-order valence-electron chi connectivity index (χ3n) is 3.59. The SMILES string of the molecule is Cc1cccc(CC2OC2N2CCNCC2)c1. The second-order valence-electron chi connectivity index (χ2n) is 5.04. The Kier molecular flexibility index (Phi) is 3.14. The number of ether oxygens (including phenoxy) is 1. The van der Waals surface area contributed by atoms with Crippen molar-refractivity contribution in [1.29, 1.82) is 0 Å². The Morgan fingerprint density at radius 2 is 2.18 bits per heavy atom. The van der Waals surface area contributed by atoms with Gasteiger partial charge in [0.15, 0.2) is 0 Å². The fourth-order valence-electron chi connectivity index (χ4n) is 2.61. The topological polar surface area (TPSA) is 27.8 Å². The van der Waals surface area contributed by atoms with E-state index in [0.29, 0.717) is 12.3 Å². The van der Waals surface area contributed by atoms with Crippen molar-refractivity contribution in [3.05, 3.63) is 35.4 Å². The third-order valence-corrected chi connectivity index (χ3v) is 3.59. The molecule has 0 aromatic heterocycles. The smallest absolute Gasteiger partial charge is 0.138 e. The summed E-state index contributed by atoms with van der Waals surface area (Å²) >= 11 is 0. The van der Waals surface area contributed by atoms with Crippen LogP contribution in [0.5, 0.6) is 0 Å². The standard InChI is InChI=1S/C14H20N2O/c1-11-3-2-4-12(9-11)10-13-14(17-13)16-7-5-15-6-8-16/h2-4,9,13-15H,5-8,10H2,1H3. The Morgan fingerprint density at radius 1 is 1.35 bits per heavy atom. The van der Waals surface area contributed by atoms with Crippen molar-refractivity contribution < 1.29 is 4.74 Å². The highest BCUT2D eigenvalue weighted by Gasteiger charge is 2.43. The molecule has 2 unspecified atom stereocenters. The molecule has 3 rings (SSSR count). The first-order valence-corrected chi connectivity index (χ1v) is 6.49. The van der Waals surface area contributed by atoms with E-state index in [1.165, 1.54) is 11.1 Å². The Bertz CT molecular complexity index is 388. The van der Waals surface area contributed by atoms with Crippen molar-refractivity contribution in [1.82, 2.24) is 10.2 Å². The molecule has 2 aliphatic heterocycles. The van der Waals surface area contributed by atoms with Crippen LogP contribution in [0.3, 0.4) is 0 Å². The van der Waals surface area contributed by atoms with Crippen molar-refractivity contribution in [3.63, 3.8) is 0 Å². The summed E-state index contributed by atoms with van der Waals surface area (Å²) in [6, 6.07) is 8.73. The summed E-state index contributed by atoms with van der Waals surface area (Å²) in [5.74, 6) is 0. The van der Waals surface area contributed by atoms with E-state index in [-0.39, 0.29) is 0 Å². The van der Waals surface area contributed by atoms with Gasteiger partial charge in [-0.2, -0.15) is 0 Å². The Hall–Kier alpha value is -0.900. The summed E-state index contributed by atoms with van der Waals surface area (Å²) in [5.41, 5.74) is 2.73. The van der Waals surface area contributed by atoms with E-state index in [0.717, 1.165) is 32.6 Å². The van der Waals surface area contributed by atoms with E-state index in [9.17, 15) is 0 Å². The first-order valence-electron chi connectivity index (χ1n) is 6.49. The number of piperazine rings is 1. The molecule has 3 nitrogen and oxygen atoms in total. The van der Waals surface area contributed by atoms with Crippen molar-refractivity contribution >= 4 is 0 Å². The molecule has 1 aromatic rings. The first-order chi connectivity index (χ1) is 8.33. The van der Waals surface area contributed by atoms with Gasteiger partial charge in [0, 0.05) is 32.6 Å². The summed E-state index contributed by atoms with van der Waals surface area (Å²) in [6.07, 6.45) is 1.84. The molecule has 2 saturated heterocycles. The molecular weight excluding hydrogens is 212 g/mol. The maximum atomic E-state index is 5.80. The third kappa shape index (κ3) is 2.68. The van der Waals surface area contributed by atoms with Crippen LogP contribution < -0.4 is 5.32 Å². The van der Waals surface area contributed by atoms with Gasteiger partial charge in [0.2, 0.25) is 0 Å². The van der Waals surface area contributed by atoms with Crippen LogP contribution >= 0.6 is 0 Å². The molecular formula is C14H20N2O. The Labute approximate surface area is 103 Å². The highest BCUT2D eigenvalue weighted by atomic mass is 16.6. The van der Waals surface area contributed by atoms with Gasteiger partial charge in [0.1, 0.15) is 12.3 Å². The quantitative estimate of drug-likeness (QED) is 0.793. The van der Waals surface area contributed by atoms with E-state index in [2.05, 4.69) is 41.4 Å². The number of aryl methyl sites for hydroxylation is 1. The molecule has 1 N–H and O–H groups in total. The maximum Gasteiger partial charge on any atom is 0.138 e. The van der Waals surface area contributed by atoms with Gasteiger partial charge in [-0.05, 0) is 12.5 Å². The maximum absolute atomic E-state index is 5.80. The highest BCUT2D eigenvalue weighted by Crippen LogP contribution is 2.29.